The van der Waals surface area contributed by atoms with Crippen LogP contribution in [0.1, 0.15) is 0 Å². The molecule has 2 aromatic heterocycles. The van der Waals surface area contributed by atoms with Gasteiger partial charge in [0.25, 0.3) is 0 Å². The van der Waals surface area contributed by atoms with Crippen LogP contribution in [0.2, 0.25) is 0 Å². The number of rotatable bonds is 3. The number of imidazole rings is 1. The zero-order valence-electron chi connectivity index (χ0n) is 12.5. The molecule has 0 aliphatic rings. The van der Waals surface area contributed by atoms with E-state index in [1.165, 1.54) is 11.1 Å². The fourth-order valence-electron chi connectivity index (χ4n) is 2.74. The van der Waals surface area contributed by atoms with Crippen molar-refractivity contribution in [3.63, 3.8) is 0 Å². The van der Waals surface area contributed by atoms with Crippen LogP contribution in [0, 0.1) is 0 Å². The number of hydrogen-bond donors (Lipinski definition) is 1. The van der Waals surface area contributed by atoms with Crippen molar-refractivity contribution in [3.8, 4) is 33.6 Å². The summed E-state index contributed by atoms with van der Waals surface area (Å²) in [5.74, 6) is 0.872. The van der Waals surface area contributed by atoms with Gasteiger partial charge >= 0.3 is 0 Å². The van der Waals surface area contributed by atoms with Gasteiger partial charge in [-0.25, -0.2) is 4.98 Å². The van der Waals surface area contributed by atoms with E-state index >= 15 is 0 Å². The monoisotopic (exact) mass is 297 g/mol. The SMILES string of the molecule is c1ccc(-c2ccc(-c3ncc[nH]3)c(-c3ccncc3)c2)cc1. The van der Waals surface area contributed by atoms with E-state index in [9.17, 15) is 0 Å². The first-order chi connectivity index (χ1) is 11.4. The van der Waals surface area contributed by atoms with Crippen LogP contribution in [0.25, 0.3) is 33.6 Å². The molecule has 0 amide bonds. The molecule has 23 heavy (non-hydrogen) atoms. The van der Waals surface area contributed by atoms with Crippen molar-refractivity contribution in [2.45, 2.75) is 0 Å². The van der Waals surface area contributed by atoms with Gasteiger partial charge < -0.3 is 4.98 Å². The molecular weight excluding hydrogens is 282 g/mol. The molecule has 0 unspecified atom stereocenters. The Kier molecular flexibility index (Phi) is 3.45. The van der Waals surface area contributed by atoms with Crippen molar-refractivity contribution in [3.05, 3.63) is 85.5 Å². The highest BCUT2D eigenvalue weighted by atomic mass is 14.9. The highest BCUT2D eigenvalue weighted by Crippen LogP contribution is 2.34. The van der Waals surface area contributed by atoms with E-state index in [1.54, 1.807) is 6.20 Å². The van der Waals surface area contributed by atoms with Crippen LogP contribution in [0.15, 0.2) is 85.5 Å². The molecule has 2 heterocycles. The van der Waals surface area contributed by atoms with E-state index in [-0.39, 0.29) is 0 Å². The Morgan fingerprint density at radius 2 is 1.48 bits per heavy atom. The lowest BCUT2D eigenvalue weighted by Crippen LogP contribution is -1.89. The minimum absolute atomic E-state index is 0.872. The molecule has 1 N–H and O–H groups in total. The van der Waals surface area contributed by atoms with E-state index in [4.69, 9.17) is 0 Å². The number of aromatic nitrogens is 3. The Morgan fingerprint density at radius 1 is 0.652 bits per heavy atom. The second kappa shape index (κ2) is 5.89. The third-order valence-electron chi connectivity index (χ3n) is 3.87. The molecule has 0 bridgehead atoms. The average Bonchev–Trinajstić information content (AvgIpc) is 3.17. The number of H-pyrrole nitrogens is 1. The van der Waals surface area contributed by atoms with E-state index < -0.39 is 0 Å². The van der Waals surface area contributed by atoms with Gasteiger partial charge in [0.15, 0.2) is 0 Å². The Morgan fingerprint density at radius 3 is 2.22 bits per heavy atom. The summed E-state index contributed by atoms with van der Waals surface area (Å²) in [5, 5.41) is 0. The van der Waals surface area contributed by atoms with Gasteiger partial charge in [0.1, 0.15) is 5.82 Å². The summed E-state index contributed by atoms with van der Waals surface area (Å²) in [6.45, 7) is 0. The van der Waals surface area contributed by atoms with Gasteiger partial charge in [0.2, 0.25) is 0 Å². The number of nitrogens with zero attached hydrogens (tertiary/aromatic N) is 2. The van der Waals surface area contributed by atoms with Crippen molar-refractivity contribution < 1.29 is 0 Å². The second-order valence-electron chi connectivity index (χ2n) is 5.30. The summed E-state index contributed by atoms with van der Waals surface area (Å²) in [6.07, 6.45) is 7.25. The van der Waals surface area contributed by atoms with Crippen molar-refractivity contribution >= 4 is 0 Å². The minimum Gasteiger partial charge on any atom is -0.345 e. The maximum absolute atomic E-state index is 4.40. The lowest BCUT2D eigenvalue weighted by atomic mass is 9.95. The van der Waals surface area contributed by atoms with Gasteiger partial charge in [-0.3, -0.25) is 4.98 Å². The summed E-state index contributed by atoms with van der Waals surface area (Å²) in [4.78, 5) is 11.7. The zero-order valence-corrected chi connectivity index (χ0v) is 12.5. The fraction of sp³-hybridized carbons (Fsp3) is 0. The Hall–Kier alpha value is -3.20. The summed E-state index contributed by atoms with van der Waals surface area (Å²) < 4.78 is 0. The van der Waals surface area contributed by atoms with E-state index in [0.29, 0.717) is 0 Å². The molecular formula is C20H15N3. The largest absolute Gasteiger partial charge is 0.345 e. The van der Waals surface area contributed by atoms with E-state index in [1.807, 2.05) is 36.8 Å². The van der Waals surface area contributed by atoms with Crippen LogP contribution in [0.5, 0.6) is 0 Å². The molecule has 0 aliphatic carbocycles. The molecule has 0 radical (unpaired) electrons. The maximum Gasteiger partial charge on any atom is 0.137 e. The van der Waals surface area contributed by atoms with Crippen LogP contribution in [-0.4, -0.2) is 15.0 Å². The van der Waals surface area contributed by atoms with Crippen LogP contribution >= 0.6 is 0 Å². The Labute approximate surface area is 134 Å². The predicted octanol–water partition coefficient (Wildman–Crippen LogP) is 4.81. The number of pyridine rings is 1. The third-order valence-corrected chi connectivity index (χ3v) is 3.87. The highest BCUT2D eigenvalue weighted by Gasteiger charge is 2.11. The van der Waals surface area contributed by atoms with E-state index in [0.717, 1.165) is 22.5 Å². The fourth-order valence-corrected chi connectivity index (χ4v) is 2.74. The van der Waals surface area contributed by atoms with Crippen molar-refractivity contribution in [1.29, 1.82) is 0 Å². The van der Waals surface area contributed by atoms with Gasteiger partial charge in [0.05, 0.1) is 0 Å². The van der Waals surface area contributed by atoms with Crippen LogP contribution in [0.3, 0.4) is 0 Å². The molecule has 4 rings (SSSR count). The lowest BCUT2D eigenvalue weighted by Gasteiger charge is -2.11. The molecule has 110 valence electrons. The molecule has 3 heteroatoms. The molecule has 0 fully saturated rings. The van der Waals surface area contributed by atoms with Crippen molar-refractivity contribution in [1.82, 2.24) is 15.0 Å². The molecule has 0 aliphatic heterocycles. The van der Waals surface area contributed by atoms with Gasteiger partial charge in [-0.15, -0.1) is 0 Å². The van der Waals surface area contributed by atoms with Gasteiger partial charge in [-0.1, -0.05) is 42.5 Å². The van der Waals surface area contributed by atoms with Gasteiger partial charge in [0, 0.05) is 30.4 Å². The van der Waals surface area contributed by atoms with Crippen molar-refractivity contribution in [2.24, 2.45) is 0 Å². The maximum atomic E-state index is 4.40. The lowest BCUT2D eigenvalue weighted by molar-refractivity contribution is 1.30. The second-order valence-corrected chi connectivity index (χ2v) is 5.30. The molecule has 0 spiro atoms. The molecule has 4 aromatic rings. The molecule has 0 saturated heterocycles. The van der Waals surface area contributed by atoms with Crippen LogP contribution in [0.4, 0.5) is 0 Å². The summed E-state index contributed by atoms with van der Waals surface area (Å²) >= 11 is 0. The smallest absolute Gasteiger partial charge is 0.137 e. The van der Waals surface area contributed by atoms with Gasteiger partial charge in [-0.05, 0) is 40.5 Å². The summed E-state index contributed by atoms with van der Waals surface area (Å²) in [7, 11) is 0. The number of hydrogen-bond acceptors (Lipinski definition) is 2. The highest BCUT2D eigenvalue weighted by molar-refractivity contribution is 5.84. The zero-order chi connectivity index (χ0) is 15.5. The first kappa shape index (κ1) is 13.5. The predicted molar refractivity (Wildman–Crippen MR) is 92.7 cm³/mol. The summed E-state index contributed by atoms with van der Waals surface area (Å²) in [5.41, 5.74) is 5.75. The summed E-state index contributed by atoms with van der Waals surface area (Å²) in [6, 6.07) is 20.9. The standard InChI is InChI=1S/C20H15N3/c1-2-4-15(5-3-1)17-6-7-18(20-22-12-13-23-20)19(14-17)16-8-10-21-11-9-16/h1-14H,(H,22,23). The molecule has 3 nitrogen and oxygen atoms in total. The quantitative estimate of drug-likeness (QED) is 0.590. The molecule has 0 saturated carbocycles. The Bertz CT molecular complexity index is 898. The number of benzene rings is 2. The first-order valence-electron chi connectivity index (χ1n) is 7.51. The minimum atomic E-state index is 0.872. The van der Waals surface area contributed by atoms with Crippen LogP contribution in [-0.2, 0) is 0 Å². The van der Waals surface area contributed by atoms with Gasteiger partial charge in [-0.2, -0.15) is 0 Å². The van der Waals surface area contributed by atoms with Crippen molar-refractivity contribution in [2.75, 3.05) is 0 Å². The average molecular weight is 297 g/mol. The number of nitrogens with one attached hydrogen (secondary N) is 1. The van der Waals surface area contributed by atoms with E-state index in [2.05, 4.69) is 57.4 Å². The molecule has 0 atom stereocenters. The van der Waals surface area contributed by atoms with Crippen LogP contribution < -0.4 is 0 Å². The third kappa shape index (κ3) is 2.64. The molecule has 2 aromatic carbocycles. The first-order valence-corrected chi connectivity index (χ1v) is 7.51. The number of aromatic amines is 1. The normalized spacial score (nSPS) is 10.6. The topological polar surface area (TPSA) is 41.6 Å². The Balaban J connectivity index is 1.92.